The highest BCUT2D eigenvalue weighted by Gasteiger charge is 2.19. The Bertz CT molecular complexity index is 906. The number of hydrogen-bond donors (Lipinski definition) is 0. The highest BCUT2D eigenvalue weighted by atomic mass is 14.9. The summed E-state index contributed by atoms with van der Waals surface area (Å²) >= 11 is 0. The van der Waals surface area contributed by atoms with Gasteiger partial charge in [0.15, 0.2) is 6.20 Å². The summed E-state index contributed by atoms with van der Waals surface area (Å²) < 4.78 is 2.26. The first kappa shape index (κ1) is 16.7. The van der Waals surface area contributed by atoms with Crippen molar-refractivity contribution in [3.05, 3.63) is 64.8 Å². The molecule has 0 spiro atoms. The van der Waals surface area contributed by atoms with Crippen molar-refractivity contribution < 1.29 is 4.57 Å². The zero-order valence-corrected chi connectivity index (χ0v) is 15.8. The van der Waals surface area contributed by atoms with Gasteiger partial charge in [0, 0.05) is 6.07 Å². The topological polar surface area (TPSA) is 3.88 Å². The number of nitrogens with zero attached hydrogens (tertiary/aromatic N) is 1. The molecule has 0 aliphatic heterocycles. The lowest BCUT2D eigenvalue weighted by Gasteiger charge is -2.13. The van der Waals surface area contributed by atoms with Crippen molar-refractivity contribution in [3.63, 3.8) is 0 Å². The monoisotopic (exact) mass is 318 g/mol. The number of rotatable bonds is 3. The minimum atomic E-state index is 0.606. The van der Waals surface area contributed by atoms with Crippen molar-refractivity contribution in [2.75, 3.05) is 0 Å². The summed E-state index contributed by atoms with van der Waals surface area (Å²) in [5, 5.41) is 2.67. The van der Waals surface area contributed by atoms with Gasteiger partial charge in [-0.05, 0) is 67.3 Å². The van der Waals surface area contributed by atoms with E-state index in [4.69, 9.17) is 0 Å². The molecule has 0 fully saturated rings. The normalized spacial score (nSPS) is 12.6. The van der Waals surface area contributed by atoms with Crippen LogP contribution in [-0.4, -0.2) is 0 Å². The first-order valence-electron chi connectivity index (χ1n) is 8.93. The van der Waals surface area contributed by atoms with Gasteiger partial charge in [0.05, 0.1) is 10.9 Å². The Labute approximate surface area is 146 Å². The van der Waals surface area contributed by atoms with Gasteiger partial charge in [0.1, 0.15) is 7.05 Å². The van der Waals surface area contributed by atoms with Gasteiger partial charge in [0.25, 0.3) is 0 Å². The van der Waals surface area contributed by atoms with E-state index in [2.05, 4.69) is 88.8 Å². The van der Waals surface area contributed by atoms with E-state index in [1.807, 2.05) is 0 Å². The van der Waals surface area contributed by atoms with Crippen LogP contribution in [0.1, 0.15) is 48.4 Å². The molecule has 0 bridgehead atoms. The predicted molar refractivity (Wildman–Crippen MR) is 103 cm³/mol. The molecule has 0 radical (unpaired) electrons. The molecule has 0 saturated heterocycles. The summed E-state index contributed by atoms with van der Waals surface area (Å²) in [6.07, 6.45) is 3.37. The van der Waals surface area contributed by atoms with Gasteiger partial charge in [-0.1, -0.05) is 37.6 Å². The molecule has 0 aliphatic rings. The molecule has 1 heteroatoms. The average molecular weight is 318 g/mol. The molecule has 0 aliphatic carbocycles. The molecular formula is C23H28N+. The average Bonchev–Trinajstić information content (AvgIpc) is 2.57. The molecule has 2 aromatic carbocycles. The van der Waals surface area contributed by atoms with Gasteiger partial charge in [0.2, 0.25) is 5.69 Å². The summed E-state index contributed by atoms with van der Waals surface area (Å²) in [5.41, 5.74) is 8.14. The lowest BCUT2D eigenvalue weighted by Crippen LogP contribution is -2.30. The van der Waals surface area contributed by atoms with Crippen LogP contribution in [0.25, 0.3) is 22.0 Å². The number of fused-ring (bicyclic) bond motifs is 1. The van der Waals surface area contributed by atoms with Gasteiger partial charge < -0.3 is 0 Å². The summed E-state index contributed by atoms with van der Waals surface area (Å²) in [5.74, 6) is 0.606. The van der Waals surface area contributed by atoms with Crippen molar-refractivity contribution in [2.24, 2.45) is 7.05 Å². The highest BCUT2D eigenvalue weighted by Crippen LogP contribution is 2.32. The molecule has 1 aromatic heterocycles. The second-order valence-electron chi connectivity index (χ2n) is 7.19. The van der Waals surface area contributed by atoms with E-state index in [9.17, 15) is 0 Å². The molecular weight excluding hydrogens is 290 g/mol. The van der Waals surface area contributed by atoms with Gasteiger partial charge >= 0.3 is 0 Å². The summed E-state index contributed by atoms with van der Waals surface area (Å²) in [6, 6.07) is 13.8. The van der Waals surface area contributed by atoms with E-state index in [-0.39, 0.29) is 0 Å². The van der Waals surface area contributed by atoms with Gasteiger partial charge in [-0.25, -0.2) is 4.57 Å². The molecule has 3 rings (SSSR count). The molecule has 3 aromatic rings. The Kier molecular flexibility index (Phi) is 4.45. The van der Waals surface area contributed by atoms with Crippen molar-refractivity contribution >= 4 is 10.8 Å². The number of benzene rings is 2. The van der Waals surface area contributed by atoms with Crippen molar-refractivity contribution in [1.82, 2.24) is 0 Å². The van der Waals surface area contributed by atoms with Crippen LogP contribution in [0.15, 0.2) is 42.6 Å². The van der Waals surface area contributed by atoms with Gasteiger partial charge in [-0.15, -0.1) is 0 Å². The van der Waals surface area contributed by atoms with Crippen LogP contribution in [0.3, 0.4) is 0 Å². The van der Waals surface area contributed by atoms with Crippen LogP contribution in [0, 0.1) is 20.8 Å². The van der Waals surface area contributed by atoms with Crippen LogP contribution in [0.5, 0.6) is 0 Å². The molecule has 1 heterocycles. The van der Waals surface area contributed by atoms with E-state index in [1.54, 1.807) is 0 Å². The van der Waals surface area contributed by atoms with Crippen LogP contribution >= 0.6 is 0 Å². The quantitative estimate of drug-likeness (QED) is 0.540. The molecule has 24 heavy (non-hydrogen) atoms. The number of aromatic nitrogens is 1. The molecule has 1 unspecified atom stereocenters. The third-order valence-corrected chi connectivity index (χ3v) is 5.41. The maximum Gasteiger partial charge on any atom is 0.220 e. The van der Waals surface area contributed by atoms with E-state index < -0.39 is 0 Å². The maximum atomic E-state index is 2.37. The van der Waals surface area contributed by atoms with Crippen LogP contribution in [0.4, 0.5) is 0 Å². The smallest absolute Gasteiger partial charge is 0.200 e. The fourth-order valence-corrected chi connectivity index (χ4v) is 3.55. The zero-order valence-electron chi connectivity index (χ0n) is 15.8. The van der Waals surface area contributed by atoms with Gasteiger partial charge in [-0.2, -0.15) is 0 Å². The third-order valence-electron chi connectivity index (χ3n) is 5.41. The second kappa shape index (κ2) is 6.39. The van der Waals surface area contributed by atoms with Crippen molar-refractivity contribution in [2.45, 2.75) is 47.0 Å². The van der Waals surface area contributed by atoms with Crippen molar-refractivity contribution in [1.29, 1.82) is 0 Å². The van der Waals surface area contributed by atoms with E-state index >= 15 is 0 Å². The Balaban J connectivity index is 2.30. The maximum absolute atomic E-state index is 2.37. The Morgan fingerprint density at radius 2 is 1.75 bits per heavy atom. The predicted octanol–water partition coefficient (Wildman–Crippen LogP) is 5.77. The Hall–Kier alpha value is -2.15. The highest BCUT2D eigenvalue weighted by molar-refractivity contribution is 5.94. The number of hydrogen-bond acceptors (Lipinski definition) is 0. The summed E-state index contributed by atoms with van der Waals surface area (Å²) in [7, 11) is 2.15. The Morgan fingerprint density at radius 1 is 1.00 bits per heavy atom. The van der Waals surface area contributed by atoms with E-state index in [0.29, 0.717) is 5.92 Å². The standard InChI is InChI=1S/C23H28N/c1-7-16(3)19-8-9-21-20(14-19)10-11-24(6)23(21)22-13-15(2)12-17(4)18(22)5/h8-14,16H,7H2,1-6H3/q+1. The number of aryl methyl sites for hydroxylation is 3. The Morgan fingerprint density at radius 3 is 2.46 bits per heavy atom. The molecule has 0 amide bonds. The molecule has 0 N–H and O–H groups in total. The first-order chi connectivity index (χ1) is 11.4. The lowest BCUT2D eigenvalue weighted by atomic mass is 9.92. The lowest BCUT2D eigenvalue weighted by molar-refractivity contribution is -0.659. The van der Waals surface area contributed by atoms with Crippen LogP contribution < -0.4 is 4.57 Å². The SMILES string of the molecule is CCC(C)c1ccc2c(-c3cc(C)cc(C)c3C)[n+](C)ccc2c1. The zero-order chi connectivity index (χ0) is 17.4. The summed E-state index contributed by atoms with van der Waals surface area (Å²) in [4.78, 5) is 0. The molecule has 1 atom stereocenters. The van der Waals surface area contributed by atoms with E-state index in [0.717, 1.165) is 0 Å². The fraction of sp³-hybridized carbons (Fsp3) is 0.348. The van der Waals surface area contributed by atoms with Crippen LogP contribution in [-0.2, 0) is 7.05 Å². The minimum absolute atomic E-state index is 0.606. The second-order valence-corrected chi connectivity index (χ2v) is 7.19. The molecule has 0 saturated carbocycles. The third kappa shape index (κ3) is 2.84. The van der Waals surface area contributed by atoms with Crippen LogP contribution in [0.2, 0.25) is 0 Å². The molecule has 1 nitrogen and oxygen atoms in total. The van der Waals surface area contributed by atoms with E-state index in [1.165, 1.54) is 50.7 Å². The number of pyridine rings is 1. The molecule has 124 valence electrons. The largest absolute Gasteiger partial charge is 0.220 e. The van der Waals surface area contributed by atoms with Crippen molar-refractivity contribution in [3.8, 4) is 11.3 Å². The first-order valence-corrected chi connectivity index (χ1v) is 8.93. The van der Waals surface area contributed by atoms with Gasteiger partial charge in [-0.3, -0.25) is 0 Å². The summed E-state index contributed by atoms with van der Waals surface area (Å²) in [6.45, 7) is 11.2. The minimum Gasteiger partial charge on any atom is -0.200 e. The fourth-order valence-electron chi connectivity index (χ4n) is 3.55.